The molecule has 0 bridgehead atoms. The van der Waals surface area contributed by atoms with Gasteiger partial charge in [0.1, 0.15) is 0 Å². The normalized spacial score (nSPS) is 20.6. The summed E-state index contributed by atoms with van der Waals surface area (Å²) >= 11 is -2.37. The van der Waals surface area contributed by atoms with Crippen molar-refractivity contribution >= 4 is 22.9 Å². The Kier molecular flexibility index (Phi) is 5.94. The van der Waals surface area contributed by atoms with E-state index in [1.807, 2.05) is 17.1 Å². The van der Waals surface area contributed by atoms with Gasteiger partial charge in [-0.15, -0.1) is 0 Å². The van der Waals surface area contributed by atoms with Crippen LogP contribution in [0.3, 0.4) is 0 Å². The van der Waals surface area contributed by atoms with E-state index in [-0.39, 0.29) is 11.4 Å². The smallest absolute Gasteiger partial charge is 0.253 e. The van der Waals surface area contributed by atoms with Crippen LogP contribution in [0.25, 0.3) is 0 Å². The lowest BCUT2D eigenvalue weighted by Crippen LogP contribution is -2.53. The SMILES string of the molecule is C=C/C=C(\C=C)C1(N2CCN(C(=O)c3ccc(NS(=O)[O-])cc3)CC2)CC1. The van der Waals surface area contributed by atoms with E-state index in [0.29, 0.717) is 24.3 Å². The summed E-state index contributed by atoms with van der Waals surface area (Å²) in [5, 5.41) is 0. The standard InChI is InChI=1S/C20H25N3O3S/c1-3-5-17(4-2)20(10-11-20)23-14-12-22(13-15-23)19(24)16-6-8-18(9-7-16)21-27(25)26/h3-9,21H,1-2,10-15H2,(H,25,26)/p-1/b17-5+. The highest BCUT2D eigenvalue weighted by molar-refractivity contribution is 7.80. The Bertz CT molecular complexity index is 776. The number of carbonyl (C=O) groups excluding carboxylic acids is 1. The largest absolute Gasteiger partial charge is 0.755 e. The predicted molar refractivity (Wildman–Crippen MR) is 107 cm³/mol. The van der Waals surface area contributed by atoms with Crippen LogP contribution in [0.5, 0.6) is 0 Å². The number of nitrogens with one attached hydrogen (secondary N) is 1. The average molecular weight is 386 g/mol. The molecule has 2 aliphatic rings. The van der Waals surface area contributed by atoms with Crippen LogP contribution < -0.4 is 4.72 Å². The summed E-state index contributed by atoms with van der Waals surface area (Å²) in [4.78, 5) is 17.0. The van der Waals surface area contributed by atoms with Crippen molar-refractivity contribution < 1.29 is 13.6 Å². The quantitative estimate of drug-likeness (QED) is 0.577. The first-order chi connectivity index (χ1) is 13.0. The maximum Gasteiger partial charge on any atom is 0.253 e. The van der Waals surface area contributed by atoms with Crippen molar-refractivity contribution in [1.29, 1.82) is 0 Å². The molecule has 2 fully saturated rings. The van der Waals surface area contributed by atoms with Crippen molar-refractivity contribution in [2.75, 3.05) is 30.9 Å². The van der Waals surface area contributed by atoms with Crippen LogP contribution in [0.4, 0.5) is 5.69 Å². The number of carbonyl (C=O) groups is 1. The molecule has 1 unspecified atom stereocenters. The molecule has 3 rings (SSSR count). The third-order valence-corrected chi connectivity index (χ3v) is 5.69. The fourth-order valence-electron chi connectivity index (χ4n) is 3.74. The molecule has 1 aliphatic carbocycles. The van der Waals surface area contributed by atoms with Gasteiger partial charge >= 0.3 is 0 Å². The number of hydrogen-bond acceptors (Lipinski definition) is 4. The monoisotopic (exact) mass is 386 g/mol. The maximum absolute atomic E-state index is 12.7. The summed E-state index contributed by atoms with van der Waals surface area (Å²) < 4.78 is 23.6. The van der Waals surface area contributed by atoms with Gasteiger partial charge in [-0.05, 0) is 42.7 Å². The lowest BCUT2D eigenvalue weighted by atomic mass is 10.0. The van der Waals surface area contributed by atoms with Crippen molar-refractivity contribution in [2.45, 2.75) is 18.4 Å². The second-order valence-corrected chi connectivity index (χ2v) is 7.46. The molecule has 1 heterocycles. The number of anilines is 1. The number of hydrogen-bond donors (Lipinski definition) is 1. The fourth-order valence-corrected chi connectivity index (χ4v) is 4.07. The number of allylic oxidation sites excluding steroid dienone is 2. The van der Waals surface area contributed by atoms with Crippen LogP contribution in [0.2, 0.25) is 0 Å². The van der Waals surface area contributed by atoms with E-state index in [9.17, 15) is 13.6 Å². The highest BCUT2D eigenvalue weighted by Crippen LogP contribution is 2.48. The van der Waals surface area contributed by atoms with Crippen molar-refractivity contribution in [2.24, 2.45) is 0 Å². The third kappa shape index (κ3) is 4.21. The number of nitrogens with zero attached hydrogens (tertiary/aromatic N) is 2. The third-order valence-electron chi connectivity index (χ3n) is 5.28. The zero-order valence-corrected chi connectivity index (χ0v) is 16.0. The van der Waals surface area contributed by atoms with Crippen LogP contribution in [0.15, 0.2) is 61.2 Å². The Morgan fingerprint density at radius 3 is 2.26 bits per heavy atom. The van der Waals surface area contributed by atoms with Crippen molar-refractivity contribution in [1.82, 2.24) is 9.80 Å². The number of benzene rings is 1. The first-order valence-corrected chi connectivity index (χ1v) is 10.0. The van der Waals surface area contributed by atoms with Gasteiger partial charge in [0.15, 0.2) is 0 Å². The molecule has 1 N–H and O–H groups in total. The summed E-state index contributed by atoms with van der Waals surface area (Å²) in [6.07, 6.45) is 7.97. The van der Waals surface area contributed by atoms with E-state index >= 15 is 0 Å². The second-order valence-electron chi connectivity index (χ2n) is 6.79. The lowest BCUT2D eigenvalue weighted by molar-refractivity contribution is 0.0576. The van der Waals surface area contributed by atoms with Crippen LogP contribution in [-0.4, -0.2) is 56.2 Å². The molecule has 1 saturated carbocycles. The summed E-state index contributed by atoms with van der Waals surface area (Å²) in [6.45, 7) is 10.7. The minimum Gasteiger partial charge on any atom is -0.755 e. The van der Waals surface area contributed by atoms with Crippen molar-refractivity contribution in [3.63, 3.8) is 0 Å². The van der Waals surface area contributed by atoms with Crippen LogP contribution >= 0.6 is 0 Å². The Morgan fingerprint density at radius 1 is 1.15 bits per heavy atom. The summed E-state index contributed by atoms with van der Waals surface area (Å²) in [5.74, 6) is -0.0279. The van der Waals surface area contributed by atoms with Gasteiger partial charge in [-0.25, -0.2) is 0 Å². The molecule has 0 spiro atoms. The van der Waals surface area contributed by atoms with Gasteiger partial charge in [-0.3, -0.25) is 13.9 Å². The number of rotatable bonds is 7. The van der Waals surface area contributed by atoms with Crippen LogP contribution in [0, 0.1) is 0 Å². The van der Waals surface area contributed by atoms with Crippen molar-refractivity contribution in [3.05, 3.63) is 66.8 Å². The maximum atomic E-state index is 12.7. The van der Waals surface area contributed by atoms with E-state index < -0.39 is 11.3 Å². The number of piperazine rings is 1. The molecular formula is C20H24N3O3S-. The average Bonchev–Trinajstić information content (AvgIpc) is 3.47. The summed E-state index contributed by atoms with van der Waals surface area (Å²) in [5.41, 5.74) is 2.26. The molecular weight excluding hydrogens is 362 g/mol. The first-order valence-electron chi connectivity index (χ1n) is 8.96. The lowest BCUT2D eigenvalue weighted by Gasteiger charge is -2.40. The zero-order chi connectivity index (χ0) is 19.4. The first kappa shape index (κ1) is 19.5. The van der Waals surface area contributed by atoms with E-state index in [2.05, 4.69) is 22.8 Å². The van der Waals surface area contributed by atoms with E-state index in [1.54, 1.807) is 30.3 Å². The van der Waals surface area contributed by atoms with Gasteiger partial charge in [0.25, 0.3) is 5.91 Å². The minimum absolute atomic E-state index is 0.0279. The van der Waals surface area contributed by atoms with E-state index in [0.717, 1.165) is 25.9 Å². The van der Waals surface area contributed by atoms with Gasteiger partial charge in [0.2, 0.25) is 0 Å². The zero-order valence-electron chi connectivity index (χ0n) is 15.2. The van der Waals surface area contributed by atoms with Gasteiger partial charge in [-0.2, -0.15) is 0 Å². The fraction of sp³-hybridized carbons (Fsp3) is 0.350. The Labute approximate surface area is 162 Å². The van der Waals surface area contributed by atoms with Gasteiger partial charge in [0, 0.05) is 54.2 Å². The molecule has 7 heteroatoms. The molecule has 0 radical (unpaired) electrons. The minimum atomic E-state index is -2.37. The molecule has 1 aliphatic heterocycles. The van der Waals surface area contributed by atoms with Gasteiger partial charge < -0.3 is 14.2 Å². The van der Waals surface area contributed by atoms with E-state index in [4.69, 9.17) is 0 Å². The molecule has 1 aromatic carbocycles. The Morgan fingerprint density at radius 2 is 1.78 bits per heavy atom. The molecule has 1 aromatic rings. The van der Waals surface area contributed by atoms with Gasteiger partial charge in [0.05, 0.1) is 0 Å². The highest BCUT2D eigenvalue weighted by Gasteiger charge is 2.50. The molecule has 1 saturated heterocycles. The number of amides is 1. The molecule has 0 aromatic heterocycles. The molecule has 1 amide bonds. The summed E-state index contributed by atoms with van der Waals surface area (Å²) in [6, 6.07) is 6.48. The van der Waals surface area contributed by atoms with Gasteiger partial charge in [-0.1, -0.05) is 31.4 Å². The Balaban J connectivity index is 1.61. The molecule has 144 valence electrons. The molecule has 27 heavy (non-hydrogen) atoms. The Hall–Kier alpha value is -2.22. The predicted octanol–water partition coefficient (Wildman–Crippen LogP) is 2.48. The van der Waals surface area contributed by atoms with Crippen LogP contribution in [0.1, 0.15) is 23.2 Å². The molecule has 1 atom stereocenters. The highest BCUT2D eigenvalue weighted by atomic mass is 32.2. The van der Waals surface area contributed by atoms with Crippen LogP contribution in [-0.2, 0) is 11.3 Å². The summed E-state index contributed by atoms with van der Waals surface area (Å²) in [7, 11) is 0. The van der Waals surface area contributed by atoms with Crippen molar-refractivity contribution in [3.8, 4) is 0 Å². The second kappa shape index (κ2) is 8.21. The van der Waals surface area contributed by atoms with E-state index in [1.165, 1.54) is 5.57 Å². The topological polar surface area (TPSA) is 75.7 Å². The molecule has 6 nitrogen and oxygen atoms in total.